The second-order valence-corrected chi connectivity index (χ2v) is 4.40. The average molecular weight is 235 g/mol. The molecule has 1 fully saturated rings. The van der Waals surface area contributed by atoms with Crippen LogP contribution in [0.4, 0.5) is 11.5 Å². The number of esters is 1. The number of carbonyl (C=O) groups excluding carboxylic acids is 1. The number of nitrogens with zero attached hydrogens (tertiary/aromatic N) is 1. The molecule has 1 aromatic heterocycles. The molecule has 1 atom stereocenters. The summed E-state index contributed by atoms with van der Waals surface area (Å²) >= 11 is 0. The molecule has 1 unspecified atom stereocenters. The largest absolute Gasteiger partial charge is 0.464 e. The van der Waals surface area contributed by atoms with Crippen molar-refractivity contribution in [2.24, 2.45) is 5.92 Å². The highest BCUT2D eigenvalue weighted by molar-refractivity contribution is 5.88. The van der Waals surface area contributed by atoms with Gasteiger partial charge in [0, 0.05) is 6.04 Å². The van der Waals surface area contributed by atoms with Crippen LogP contribution in [0, 0.1) is 5.92 Å². The molecule has 92 valence electrons. The number of hydrogen-bond donors (Lipinski definition) is 2. The zero-order valence-corrected chi connectivity index (χ0v) is 10.1. The first-order valence-electron chi connectivity index (χ1n) is 5.73. The molecular weight excluding hydrogens is 218 g/mol. The van der Waals surface area contributed by atoms with Crippen LogP contribution in [0.5, 0.6) is 0 Å². The van der Waals surface area contributed by atoms with Gasteiger partial charge in [-0.25, -0.2) is 9.78 Å². The molecule has 0 saturated heterocycles. The lowest BCUT2D eigenvalue weighted by atomic mass is 10.2. The topological polar surface area (TPSA) is 77.2 Å². The van der Waals surface area contributed by atoms with Gasteiger partial charge in [-0.05, 0) is 37.8 Å². The van der Waals surface area contributed by atoms with Crippen LogP contribution in [0.2, 0.25) is 0 Å². The van der Waals surface area contributed by atoms with Crippen LogP contribution in [0.1, 0.15) is 30.3 Å². The van der Waals surface area contributed by atoms with E-state index in [0.29, 0.717) is 23.5 Å². The van der Waals surface area contributed by atoms with Gasteiger partial charge in [0.15, 0.2) is 5.69 Å². The Kier molecular flexibility index (Phi) is 3.17. The highest BCUT2D eigenvalue weighted by Gasteiger charge is 2.28. The van der Waals surface area contributed by atoms with Crippen LogP contribution in [0.3, 0.4) is 0 Å². The van der Waals surface area contributed by atoms with Gasteiger partial charge in [0.05, 0.1) is 12.8 Å². The predicted molar refractivity (Wildman–Crippen MR) is 65.8 cm³/mol. The highest BCUT2D eigenvalue weighted by Crippen LogP contribution is 2.34. The minimum atomic E-state index is -0.452. The van der Waals surface area contributed by atoms with E-state index >= 15 is 0 Å². The van der Waals surface area contributed by atoms with Crippen molar-refractivity contribution in [1.82, 2.24) is 4.98 Å². The summed E-state index contributed by atoms with van der Waals surface area (Å²) in [5, 5.41) is 3.25. The summed E-state index contributed by atoms with van der Waals surface area (Å²) in [6.07, 6.45) is 2.48. The molecule has 2 rings (SSSR count). The Labute approximate surface area is 100 Å². The molecule has 1 aromatic rings. The van der Waals surface area contributed by atoms with Crippen molar-refractivity contribution in [3.05, 3.63) is 17.8 Å². The van der Waals surface area contributed by atoms with Crippen LogP contribution in [0.15, 0.2) is 12.1 Å². The quantitative estimate of drug-likeness (QED) is 0.776. The Balaban J connectivity index is 2.16. The lowest BCUT2D eigenvalue weighted by Crippen LogP contribution is -2.20. The van der Waals surface area contributed by atoms with Gasteiger partial charge in [-0.3, -0.25) is 0 Å². The van der Waals surface area contributed by atoms with Gasteiger partial charge in [0.2, 0.25) is 0 Å². The first-order valence-corrected chi connectivity index (χ1v) is 5.73. The van der Waals surface area contributed by atoms with Crippen molar-refractivity contribution in [3.8, 4) is 0 Å². The number of nitrogens with two attached hydrogens (primary N) is 1. The number of methoxy groups -OCH3 is 1. The number of carbonyl (C=O) groups is 1. The van der Waals surface area contributed by atoms with Gasteiger partial charge < -0.3 is 15.8 Å². The number of rotatable bonds is 4. The Bertz CT molecular complexity index is 430. The maximum absolute atomic E-state index is 11.4. The van der Waals surface area contributed by atoms with Crippen LogP contribution in [-0.2, 0) is 4.74 Å². The van der Waals surface area contributed by atoms with Crippen molar-refractivity contribution in [2.45, 2.75) is 25.8 Å². The van der Waals surface area contributed by atoms with E-state index in [0.717, 1.165) is 0 Å². The molecule has 5 heteroatoms. The summed E-state index contributed by atoms with van der Waals surface area (Å²) in [5.74, 6) is 0.803. The van der Waals surface area contributed by atoms with Gasteiger partial charge in [-0.1, -0.05) is 0 Å². The second kappa shape index (κ2) is 4.61. The monoisotopic (exact) mass is 235 g/mol. The second-order valence-electron chi connectivity index (χ2n) is 4.40. The van der Waals surface area contributed by atoms with Crippen LogP contribution in [-0.4, -0.2) is 24.1 Å². The first kappa shape index (κ1) is 11.7. The molecule has 1 saturated carbocycles. The fraction of sp³-hybridized carbons (Fsp3) is 0.500. The third kappa shape index (κ3) is 2.67. The molecule has 5 nitrogen and oxygen atoms in total. The lowest BCUT2D eigenvalue weighted by molar-refractivity contribution is 0.0594. The standard InChI is InChI=1S/C12H17N3O2/c1-7(8-3-4-8)14-11-9(13)5-6-10(15-11)12(16)17-2/h5-8H,3-4,13H2,1-2H3,(H,14,15). The van der Waals surface area contributed by atoms with Gasteiger partial charge >= 0.3 is 5.97 Å². The smallest absolute Gasteiger partial charge is 0.356 e. The van der Waals surface area contributed by atoms with E-state index in [-0.39, 0.29) is 5.69 Å². The van der Waals surface area contributed by atoms with Gasteiger partial charge in [-0.15, -0.1) is 0 Å². The minimum Gasteiger partial charge on any atom is -0.464 e. The third-order valence-corrected chi connectivity index (χ3v) is 3.01. The third-order valence-electron chi connectivity index (χ3n) is 3.01. The van der Waals surface area contributed by atoms with Gasteiger partial charge in [0.25, 0.3) is 0 Å². The lowest BCUT2D eigenvalue weighted by Gasteiger charge is -2.15. The minimum absolute atomic E-state index is 0.271. The molecule has 0 spiro atoms. The summed E-state index contributed by atoms with van der Waals surface area (Å²) in [6, 6.07) is 3.56. The van der Waals surface area contributed by atoms with Gasteiger partial charge in [0.1, 0.15) is 5.82 Å². The molecule has 1 aliphatic carbocycles. The Morgan fingerprint density at radius 3 is 2.88 bits per heavy atom. The molecule has 3 N–H and O–H groups in total. The van der Waals surface area contributed by atoms with E-state index in [9.17, 15) is 4.79 Å². The predicted octanol–water partition coefficient (Wildman–Crippen LogP) is 1.66. The molecular formula is C12H17N3O2. The van der Waals surface area contributed by atoms with E-state index in [1.807, 2.05) is 0 Å². The molecule has 0 amide bonds. The number of nitrogen functional groups attached to an aromatic ring is 1. The molecule has 0 radical (unpaired) electrons. The molecule has 1 aliphatic rings. The Hall–Kier alpha value is -1.78. The number of hydrogen-bond acceptors (Lipinski definition) is 5. The van der Waals surface area contributed by atoms with E-state index in [4.69, 9.17) is 5.73 Å². The van der Waals surface area contributed by atoms with Crippen molar-refractivity contribution < 1.29 is 9.53 Å². The number of nitrogens with one attached hydrogen (secondary N) is 1. The number of pyridine rings is 1. The zero-order chi connectivity index (χ0) is 12.4. The van der Waals surface area contributed by atoms with Crippen molar-refractivity contribution in [1.29, 1.82) is 0 Å². The van der Waals surface area contributed by atoms with Gasteiger partial charge in [-0.2, -0.15) is 0 Å². The summed E-state index contributed by atoms with van der Waals surface area (Å²) < 4.78 is 4.63. The summed E-state index contributed by atoms with van der Waals surface area (Å²) in [7, 11) is 1.33. The molecule has 0 aromatic carbocycles. The maximum atomic E-state index is 11.4. The normalized spacial score (nSPS) is 16.4. The Morgan fingerprint density at radius 2 is 2.29 bits per heavy atom. The zero-order valence-electron chi connectivity index (χ0n) is 10.1. The molecule has 1 heterocycles. The van der Waals surface area contributed by atoms with E-state index in [2.05, 4.69) is 22.0 Å². The molecule has 0 bridgehead atoms. The van der Waals surface area contributed by atoms with E-state index < -0.39 is 5.97 Å². The van der Waals surface area contributed by atoms with Crippen molar-refractivity contribution >= 4 is 17.5 Å². The summed E-state index contributed by atoms with van der Waals surface area (Å²) in [6.45, 7) is 2.10. The highest BCUT2D eigenvalue weighted by atomic mass is 16.5. The number of anilines is 2. The number of ether oxygens (including phenoxy) is 1. The first-order chi connectivity index (χ1) is 8.11. The van der Waals surface area contributed by atoms with E-state index in [1.54, 1.807) is 12.1 Å². The summed E-state index contributed by atoms with van der Waals surface area (Å²) in [4.78, 5) is 15.5. The SMILES string of the molecule is COC(=O)c1ccc(N)c(NC(C)C2CC2)n1. The number of aromatic nitrogens is 1. The summed E-state index contributed by atoms with van der Waals surface area (Å²) in [5.41, 5.74) is 6.64. The molecule has 0 aliphatic heterocycles. The molecule has 17 heavy (non-hydrogen) atoms. The Morgan fingerprint density at radius 1 is 1.59 bits per heavy atom. The van der Waals surface area contributed by atoms with Crippen molar-refractivity contribution in [3.63, 3.8) is 0 Å². The van der Waals surface area contributed by atoms with E-state index in [1.165, 1.54) is 20.0 Å². The van der Waals surface area contributed by atoms with Crippen LogP contribution < -0.4 is 11.1 Å². The van der Waals surface area contributed by atoms with Crippen molar-refractivity contribution in [2.75, 3.05) is 18.2 Å². The maximum Gasteiger partial charge on any atom is 0.356 e. The fourth-order valence-corrected chi connectivity index (χ4v) is 1.73. The van der Waals surface area contributed by atoms with Crippen LogP contribution >= 0.6 is 0 Å². The average Bonchev–Trinajstić information content (AvgIpc) is 3.14. The fourth-order valence-electron chi connectivity index (χ4n) is 1.73. The van der Waals surface area contributed by atoms with Crippen LogP contribution in [0.25, 0.3) is 0 Å².